The van der Waals surface area contributed by atoms with Gasteiger partial charge in [-0.3, -0.25) is 0 Å². The van der Waals surface area contributed by atoms with E-state index in [1.807, 2.05) is 24.3 Å². The molecule has 1 aromatic heterocycles. The molecule has 0 aliphatic carbocycles. The van der Waals surface area contributed by atoms with Gasteiger partial charge in [0.2, 0.25) is 0 Å². The van der Waals surface area contributed by atoms with E-state index in [4.69, 9.17) is 11.6 Å². The molecule has 0 fully saturated rings. The van der Waals surface area contributed by atoms with Crippen molar-refractivity contribution in [2.45, 2.75) is 36.6 Å². The van der Waals surface area contributed by atoms with Gasteiger partial charge in [-0.15, -0.1) is 0 Å². The number of aromatic nitrogens is 2. The van der Waals surface area contributed by atoms with Crippen molar-refractivity contribution in [3.63, 3.8) is 0 Å². The zero-order chi connectivity index (χ0) is 14.4. The Labute approximate surface area is 129 Å². The highest BCUT2D eigenvalue weighted by molar-refractivity contribution is 7.99. The fraction of sp³-hybridized carbons (Fsp3) is 0.333. The second-order valence-electron chi connectivity index (χ2n) is 4.35. The molecule has 2 aromatic rings. The summed E-state index contributed by atoms with van der Waals surface area (Å²) in [6, 6.07) is 7.82. The van der Waals surface area contributed by atoms with Gasteiger partial charge < -0.3 is 5.32 Å². The van der Waals surface area contributed by atoms with E-state index < -0.39 is 0 Å². The highest BCUT2D eigenvalue weighted by Crippen LogP contribution is 2.32. The van der Waals surface area contributed by atoms with Crippen LogP contribution in [0.1, 0.15) is 25.8 Å². The summed E-state index contributed by atoms with van der Waals surface area (Å²) in [5, 5.41) is 5.09. The van der Waals surface area contributed by atoms with Crippen LogP contribution in [-0.2, 0) is 6.42 Å². The maximum atomic E-state index is 6.03. The van der Waals surface area contributed by atoms with Crippen molar-refractivity contribution in [2.24, 2.45) is 0 Å². The Balaban J connectivity index is 2.26. The quantitative estimate of drug-likeness (QED) is 0.787. The van der Waals surface area contributed by atoms with Crippen molar-refractivity contribution in [1.29, 1.82) is 0 Å². The van der Waals surface area contributed by atoms with Gasteiger partial charge in [-0.05, 0) is 31.0 Å². The monoisotopic (exact) mass is 307 g/mol. The summed E-state index contributed by atoms with van der Waals surface area (Å²) in [6.07, 6.45) is 3.59. The Bertz CT molecular complexity index is 575. The highest BCUT2D eigenvalue weighted by atomic mass is 35.5. The van der Waals surface area contributed by atoms with Gasteiger partial charge in [0.15, 0.2) is 0 Å². The van der Waals surface area contributed by atoms with E-state index in [-0.39, 0.29) is 0 Å². The molecule has 2 rings (SSSR count). The first-order chi connectivity index (χ1) is 9.74. The lowest BCUT2D eigenvalue weighted by Gasteiger charge is -2.12. The number of anilines is 1. The van der Waals surface area contributed by atoms with Crippen LogP contribution in [0.15, 0.2) is 40.5 Å². The second kappa shape index (κ2) is 7.50. The van der Waals surface area contributed by atoms with E-state index in [1.165, 1.54) is 0 Å². The average Bonchev–Trinajstić information content (AvgIpc) is 2.45. The van der Waals surface area contributed by atoms with E-state index in [9.17, 15) is 0 Å². The molecule has 0 radical (unpaired) electrons. The fourth-order valence-electron chi connectivity index (χ4n) is 1.84. The largest absolute Gasteiger partial charge is 0.370 e. The first-order valence-electron chi connectivity index (χ1n) is 6.75. The molecule has 0 saturated carbocycles. The lowest BCUT2D eigenvalue weighted by atomic mass is 10.2. The molecular weight excluding hydrogens is 290 g/mol. The van der Waals surface area contributed by atoms with Crippen LogP contribution in [0.4, 0.5) is 5.82 Å². The molecule has 1 N–H and O–H groups in total. The Hall–Kier alpha value is -1.26. The SMILES string of the molecule is CCCNc1ncnc(Sc2cccc(Cl)c2)c1CC. The topological polar surface area (TPSA) is 37.8 Å². The van der Waals surface area contributed by atoms with Crippen LogP contribution in [0.25, 0.3) is 0 Å². The molecule has 0 spiro atoms. The Kier molecular flexibility index (Phi) is 5.68. The second-order valence-corrected chi connectivity index (χ2v) is 5.84. The van der Waals surface area contributed by atoms with Crippen molar-refractivity contribution >= 4 is 29.2 Å². The highest BCUT2D eigenvalue weighted by Gasteiger charge is 2.11. The number of hydrogen-bond donors (Lipinski definition) is 1. The summed E-state index contributed by atoms with van der Waals surface area (Å²) >= 11 is 7.65. The molecule has 0 bridgehead atoms. The summed E-state index contributed by atoms with van der Waals surface area (Å²) in [6.45, 7) is 5.19. The van der Waals surface area contributed by atoms with Crippen molar-refractivity contribution < 1.29 is 0 Å². The van der Waals surface area contributed by atoms with E-state index in [0.717, 1.165) is 45.7 Å². The van der Waals surface area contributed by atoms with Crippen LogP contribution in [0.3, 0.4) is 0 Å². The number of halogens is 1. The number of hydrogen-bond acceptors (Lipinski definition) is 4. The minimum Gasteiger partial charge on any atom is -0.370 e. The lowest BCUT2D eigenvalue weighted by molar-refractivity contribution is 0.911. The van der Waals surface area contributed by atoms with Crippen LogP contribution >= 0.6 is 23.4 Å². The van der Waals surface area contributed by atoms with Gasteiger partial charge in [0.05, 0.1) is 0 Å². The molecule has 0 unspecified atom stereocenters. The van der Waals surface area contributed by atoms with Gasteiger partial charge in [-0.25, -0.2) is 9.97 Å². The minimum absolute atomic E-state index is 0.742. The third-order valence-corrected chi connectivity index (χ3v) is 4.08. The van der Waals surface area contributed by atoms with Crippen LogP contribution in [0.2, 0.25) is 5.02 Å². The normalized spacial score (nSPS) is 10.6. The predicted octanol–water partition coefficient (Wildman–Crippen LogP) is 4.67. The molecule has 0 atom stereocenters. The van der Waals surface area contributed by atoms with Crippen molar-refractivity contribution in [2.75, 3.05) is 11.9 Å². The lowest BCUT2D eigenvalue weighted by Crippen LogP contribution is -2.06. The van der Waals surface area contributed by atoms with E-state index >= 15 is 0 Å². The third kappa shape index (κ3) is 3.87. The summed E-state index contributed by atoms with van der Waals surface area (Å²) in [5.74, 6) is 0.939. The average molecular weight is 308 g/mol. The van der Waals surface area contributed by atoms with Gasteiger partial charge in [0.1, 0.15) is 17.2 Å². The summed E-state index contributed by atoms with van der Waals surface area (Å²) in [7, 11) is 0. The summed E-state index contributed by atoms with van der Waals surface area (Å²) < 4.78 is 0. The third-order valence-electron chi connectivity index (χ3n) is 2.81. The van der Waals surface area contributed by atoms with E-state index in [1.54, 1.807) is 18.1 Å². The molecule has 1 aromatic carbocycles. The molecule has 106 valence electrons. The Morgan fingerprint density at radius 3 is 2.80 bits per heavy atom. The molecule has 0 aliphatic heterocycles. The van der Waals surface area contributed by atoms with Crippen LogP contribution in [-0.4, -0.2) is 16.5 Å². The molecule has 0 aliphatic rings. The van der Waals surface area contributed by atoms with Gasteiger partial charge >= 0.3 is 0 Å². The van der Waals surface area contributed by atoms with Crippen molar-refractivity contribution in [1.82, 2.24) is 9.97 Å². The molecule has 1 heterocycles. The van der Waals surface area contributed by atoms with Crippen LogP contribution in [0, 0.1) is 0 Å². The standard InChI is InChI=1S/C15H18ClN3S/c1-3-8-17-14-13(4-2)15(19-10-18-14)20-12-7-5-6-11(16)9-12/h5-7,9-10H,3-4,8H2,1-2H3,(H,17,18,19). The minimum atomic E-state index is 0.742. The number of nitrogens with one attached hydrogen (secondary N) is 1. The molecule has 3 nitrogen and oxygen atoms in total. The zero-order valence-corrected chi connectivity index (χ0v) is 13.3. The van der Waals surface area contributed by atoms with Crippen molar-refractivity contribution in [3.05, 3.63) is 41.2 Å². The van der Waals surface area contributed by atoms with Crippen LogP contribution < -0.4 is 5.32 Å². The Morgan fingerprint density at radius 2 is 2.10 bits per heavy atom. The molecular formula is C15H18ClN3S. The van der Waals surface area contributed by atoms with Crippen LogP contribution in [0.5, 0.6) is 0 Å². The predicted molar refractivity (Wildman–Crippen MR) is 85.8 cm³/mol. The first kappa shape index (κ1) is 15.1. The first-order valence-corrected chi connectivity index (χ1v) is 7.95. The van der Waals surface area contributed by atoms with E-state index in [2.05, 4.69) is 29.1 Å². The molecule has 0 amide bonds. The van der Waals surface area contributed by atoms with E-state index in [0.29, 0.717) is 0 Å². The van der Waals surface area contributed by atoms with Crippen molar-refractivity contribution in [3.8, 4) is 0 Å². The molecule has 20 heavy (non-hydrogen) atoms. The number of nitrogens with zero attached hydrogens (tertiary/aromatic N) is 2. The number of rotatable bonds is 6. The van der Waals surface area contributed by atoms with Gasteiger partial charge in [-0.1, -0.05) is 43.3 Å². The number of benzene rings is 1. The maximum absolute atomic E-state index is 6.03. The summed E-state index contributed by atoms with van der Waals surface area (Å²) in [5.41, 5.74) is 1.16. The molecule has 0 saturated heterocycles. The maximum Gasteiger partial charge on any atom is 0.133 e. The van der Waals surface area contributed by atoms with Gasteiger partial charge in [0.25, 0.3) is 0 Å². The molecule has 5 heteroatoms. The summed E-state index contributed by atoms with van der Waals surface area (Å²) in [4.78, 5) is 9.85. The van der Waals surface area contributed by atoms with Gasteiger partial charge in [0, 0.05) is 22.0 Å². The van der Waals surface area contributed by atoms with Gasteiger partial charge in [-0.2, -0.15) is 0 Å². The smallest absolute Gasteiger partial charge is 0.133 e. The Morgan fingerprint density at radius 1 is 1.25 bits per heavy atom. The zero-order valence-electron chi connectivity index (χ0n) is 11.7. The fourth-order valence-corrected chi connectivity index (χ4v) is 3.12.